The summed E-state index contributed by atoms with van der Waals surface area (Å²) in [6.07, 6.45) is 0. The highest BCUT2D eigenvalue weighted by Crippen LogP contribution is 2.51. The van der Waals surface area contributed by atoms with Crippen LogP contribution in [0.15, 0.2) is 194 Å². The second kappa shape index (κ2) is 12.5. The van der Waals surface area contributed by atoms with Gasteiger partial charge in [0.15, 0.2) is 0 Å². The van der Waals surface area contributed by atoms with E-state index in [9.17, 15) is 0 Å². The van der Waals surface area contributed by atoms with Crippen LogP contribution in [0, 0.1) is 0 Å². The van der Waals surface area contributed by atoms with Gasteiger partial charge in [0.1, 0.15) is 0 Å². The minimum absolute atomic E-state index is 0.188. The summed E-state index contributed by atoms with van der Waals surface area (Å²) in [7, 11) is 0. The smallest absolute Gasteiger partial charge is 0.0547 e. The molecule has 0 amide bonds. The molecule has 0 saturated heterocycles. The predicted octanol–water partition coefficient (Wildman–Crippen LogP) is 14.6. The number of benzene rings is 9. The van der Waals surface area contributed by atoms with Crippen molar-refractivity contribution in [1.29, 1.82) is 0 Å². The van der Waals surface area contributed by atoms with Gasteiger partial charge in [-0.1, -0.05) is 123 Å². The van der Waals surface area contributed by atoms with Crippen LogP contribution in [-0.2, 0) is 5.41 Å². The van der Waals surface area contributed by atoms with E-state index in [4.69, 9.17) is 0 Å². The van der Waals surface area contributed by atoms with Crippen molar-refractivity contribution < 1.29 is 0 Å². The topological polar surface area (TPSA) is 20.2 Å². The first-order chi connectivity index (χ1) is 27.5. The monoisotopic (exact) mass is 717 g/mol. The van der Waals surface area contributed by atoms with Crippen LogP contribution in [0.5, 0.6) is 0 Å². The molecule has 1 heterocycles. The summed E-state index contributed by atoms with van der Waals surface area (Å²) in [5.41, 5.74) is 14.3. The highest BCUT2D eigenvalue weighted by atomic mass is 15.1. The van der Waals surface area contributed by atoms with E-state index in [0.29, 0.717) is 0 Å². The van der Waals surface area contributed by atoms with E-state index < -0.39 is 0 Å². The van der Waals surface area contributed by atoms with Gasteiger partial charge < -0.3 is 14.8 Å². The highest BCUT2D eigenvalue weighted by molar-refractivity contribution is 6.28. The Morgan fingerprint density at radius 3 is 1.50 bits per heavy atom. The van der Waals surface area contributed by atoms with E-state index >= 15 is 0 Å². The lowest BCUT2D eigenvalue weighted by Crippen LogP contribution is -2.15. The highest BCUT2D eigenvalue weighted by Gasteiger charge is 2.36. The lowest BCUT2D eigenvalue weighted by molar-refractivity contribution is 0.660. The zero-order valence-electron chi connectivity index (χ0n) is 31.4. The van der Waals surface area contributed by atoms with Crippen LogP contribution in [0.1, 0.15) is 25.0 Å². The molecule has 0 radical (unpaired) electrons. The van der Waals surface area contributed by atoms with E-state index in [-0.39, 0.29) is 5.41 Å². The Hall–Kier alpha value is -7.10. The minimum Gasteiger partial charge on any atom is -0.356 e. The van der Waals surface area contributed by atoms with Crippen LogP contribution in [0.4, 0.5) is 28.4 Å². The third-order valence-electron chi connectivity index (χ3n) is 11.9. The summed E-state index contributed by atoms with van der Waals surface area (Å²) in [6, 6.07) is 70.5. The fraction of sp³-hybridized carbons (Fsp3) is 0.0566. The molecule has 0 saturated carbocycles. The predicted molar refractivity (Wildman–Crippen MR) is 238 cm³/mol. The summed E-state index contributed by atoms with van der Waals surface area (Å²) in [5.74, 6) is 0. The number of hydrogen-bond acceptors (Lipinski definition) is 2. The Morgan fingerprint density at radius 1 is 0.429 bits per heavy atom. The van der Waals surface area contributed by atoms with Gasteiger partial charge in [0.25, 0.3) is 0 Å². The maximum atomic E-state index is 3.72. The molecule has 3 nitrogen and oxygen atoms in total. The van der Waals surface area contributed by atoms with E-state index in [2.05, 4.69) is 223 Å². The van der Waals surface area contributed by atoms with Gasteiger partial charge >= 0.3 is 0 Å². The first-order valence-electron chi connectivity index (χ1n) is 19.4. The molecule has 0 atom stereocenters. The van der Waals surface area contributed by atoms with Crippen molar-refractivity contribution in [2.45, 2.75) is 19.3 Å². The number of fused-ring (bicyclic) bond motifs is 10. The number of nitrogens with one attached hydrogen (secondary N) is 1. The molecule has 1 aliphatic carbocycles. The van der Waals surface area contributed by atoms with Crippen LogP contribution < -0.4 is 10.2 Å². The van der Waals surface area contributed by atoms with Crippen molar-refractivity contribution in [1.82, 2.24) is 4.57 Å². The molecule has 9 aromatic carbocycles. The van der Waals surface area contributed by atoms with E-state index in [0.717, 1.165) is 28.4 Å². The molecule has 0 unspecified atom stereocenters. The normalized spacial score (nSPS) is 13.0. The molecule has 0 spiro atoms. The summed E-state index contributed by atoms with van der Waals surface area (Å²) < 4.78 is 2.48. The summed E-state index contributed by atoms with van der Waals surface area (Å²) in [5, 5.41) is 11.5. The number of anilines is 5. The lowest BCUT2D eigenvalue weighted by Gasteiger charge is -2.25. The number of nitrogens with zero attached hydrogens (tertiary/aromatic N) is 2. The first kappa shape index (κ1) is 32.3. The van der Waals surface area contributed by atoms with Gasteiger partial charge in [0.2, 0.25) is 0 Å². The van der Waals surface area contributed by atoms with Crippen molar-refractivity contribution in [3.63, 3.8) is 0 Å². The average molecular weight is 718 g/mol. The van der Waals surface area contributed by atoms with Crippen LogP contribution >= 0.6 is 0 Å². The lowest BCUT2D eigenvalue weighted by atomic mass is 9.82. The summed E-state index contributed by atoms with van der Waals surface area (Å²) >= 11 is 0. The Kier molecular flexibility index (Phi) is 7.20. The second-order valence-corrected chi connectivity index (χ2v) is 15.5. The fourth-order valence-electron chi connectivity index (χ4n) is 9.23. The van der Waals surface area contributed by atoms with Crippen molar-refractivity contribution in [2.24, 2.45) is 0 Å². The second-order valence-electron chi connectivity index (χ2n) is 15.5. The molecular formula is C53H39N3. The Labute approximate surface area is 326 Å². The quantitative estimate of drug-likeness (QED) is 0.185. The molecule has 266 valence electrons. The maximum Gasteiger partial charge on any atom is 0.0547 e. The molecule has 10 aromatic rings. The van der Waals surface area contributed by atoms with Gasteiger partial charge in [-0.05, 0) is 129 Å². The summed E-state index contributed by atoms with van der Waals surface area (Å²) in [4.78, 5) is 2.29. The molecule has 3 heteroatoms. The SMILES string of the molecule is CC1(C)c2cc(Nc3ccc(N(c4ccccc4)c4ccccc4)cc3)ccc2-c2ccc(-n3c4ccc5ccccc5c4c4c5ccccc5ccc43)cc21. The fourth-order valence-corrected chi connectivity index (χ4v) is 9.23. The first-order valence-corrected chi connectivity index (χ1v) is 19.4. The third kappa shape index (κ3) is 4.98. The van der Waals surface area contributed by atoms with Crippen molar-refractivity contribution in [3.05, 3.63) is 205 Å². The Balaban J connectivity index is 0.961. The Morgan fingerprint density at radius 2 is 0.911 bits per heavy atom. The van der Waals surface area contributed by atoms with E-state index in [1.807, 2.05) is 0 Å². The number of hydrogen-bond donors (Lipinski definition) is 1. The average Bonchev–Trinajstić information content (AvgIpc) is 3.71. The van der Waals surface area contributed by atoms with Crippen molar-refractivity contribution in [3.8, 4) is 16.8 Å². The maximum absolute atomic E-state index is 3.72. The zero-order valence-corrected chi connectivity index (χ0v) is 31.4. The Bertz CT molecular complexity index is 2990. The largest absolute Gasteiger partial charge is 0.356 e. The van der Waals surface area contributed by atoms with E-state index in [1.54, 1.807) is 0 Å². The molecule has 11 rings (SSSR count). The minimum atomic E-state index is -0.188. The van der Waals surface area contributed by atoms with E-state index in [1.165, 1.54) is 71.3 Å². The molecular weight excluding hydrogens is 679 g/mol. The summed E-state index contributed by atoms with van der Waals surface area (Å²) in [6.45, 7) is 4.74. The van der Waals surface area contributed by atoms with Gasteiger partial charge in [0, 0.05) is 50.3 Å². The van der Waals surface area contributed by atoms with Gasteiger partial charge in [0.05, 0.1) is 11.0 Å². The van der Waals surface area contributed by atoms with Gasteiger partial charge in [-0.3, -0.25) is 0 Å². The van der Waals surface area contributed by atoms with Crippen LogP contribution in [0.3, 0.4) is 0 Å². The van der Waals surface area contributed by atoms with Gasteiger partial charge in [-0.25, -0.2) is 0 Å². The molecule has 0 aliphatic heterocycles. The molecule has 56 heavy (non-hydrogen) atoms. The van der Waals surface area contributed by atoms with Crippen LogP contribution in [-0.4, -0.2) is 4.57 Å². The molecule has 1 aromatic heterocycles. The molecule has 0 fully saturated rings. The zero-order chi connectivity index (χ0) is 37.4. The van der Waals surface area contributed by atoms with Crippen LogP contribution in [0.25, 0.3) is 60.2 Å². The van der Waals surface area contributed by atoms with Crippen molar-refractivity contribution in [2.75, 3.05) is 10.2 Å². The van der Waals surface area contributed by atoms with Gasteiger partial charge in [-0.2, -0.15) is 0 Å². The number of aromatic nitrogens is 1. The number of para-hydroxylation sites is 2. The van der Waals surface area contributed by atoms with Crippen LogP contribution in [0.2, 0.25) is 0 Å². The molecule has 1 N–H and O–H groups in total. The van der Waals surface area contributed by atoms with Crippen molar-refractivity contribution >= 4 is 71.8 Å². The van der Waals surface area contributed by atoms with Gasteiger partial charge in [-0.15, -0.1) is 0 Å². The number of rotatable bonds is 6. The third-order valence-corrected chi connectivity index (χ3v) is 11.9. The molecule has 0 bridgehead atoms. The standard InChI is InChI=1S/C53H39N3/c1-53(2)47-33-38(54-37-23-26-41(27-24-37)55(39-15-5-3-6-16-39)40-17-7-4-8-18-40)25-29-45(47)46-30-28-42(34-48(46)53)56-49-31-21-35-13-9-11-19-43(35)51(49)52-44-20-12-10-14-36(44)22-32-50(52)56/h3-34,54H,1-2H3. The molecule has 1 aliphatic rings.